The minimum atomic E-state index is -0.355. The molecule has 1 aliphatic heterocycles. The molecule has 9 nitrogen and oxygen atoms in total. The Hall–Kier alpha value is -3.37. The summed E-state index contributed by atoms with van der Waals surface area (Å²) in [5.74, 6) is 1.73. The number of aromatic nitrogens is 5. The molecule has 1 saturated heterocycles. The van der Waals surface area contributed by atoms with Gasteiger partial charge in [0.15, 0.2) is 15.6 Å². The number of ether oxygens (including phenoxy) is 1. The SMILES string of the molecule is COc1cnc(Cl)cc1-c1cc(C)ncc1C(=O)Nc1nc2ncc(N3CCC(C)CC3)nc2s1. The molecule has 0 aromatic carbocycles. The Morgan fingerprint density at radius 3 is 2.69 bits per heavy atom. The molecule has 1 aliphatic rings. The van der Waals surface area contributed by atoms with Crippen molar-refractivity contribution in [2.24, 2.45) is 5.92 Å². The number of nitrogens with one attached hydrogen (secondary N) is 1. The van der Waals surface area contributed by atoms with Crippen molar-refractivity contribution < 1.29 is 9.53 Å². The van der Waals surface area contributed by atoms with Gasteiger partial charge < -0.3 is 9.64 Å². The van der Waals surface area contributed by atoms with Gasteiger partial charge in [0.2, 0.25) is 0 Å². The summed E-state index contributed by atoms with van der Waals surface area (Å²) < 4.78 is 5.45. The first-order chi connectivity index (χ1) is 16.9. The number of piperidine rings is 1. The lowest BCUT2D eigenvalue weighted by atomic mass is 9.99. The van der Waals surface area contributed by atoms with Crippen molar-refractivity contribution in [3.8, 4) is 16.9 Å². The van der Waals surface area contributed by atoms with E-state index in [4.69, 9.17) is 21.3 Å². The van der Waals surface area contributed by atoms with Gasteiger partial charge in [0, 0.05) is 36.1 Å². The van der Waals surface area contributed by atoms with Gasteiger partial charge in [0.1, 0.15) is 16.7 Å². The third-order valence-corrected chi connectivity index (χ3v) is 7.13. The van der Waals surface area contributed by atoms with Crippen molar-refractivity contribution in [1.82, 2.24) is 24.9 Å². The van der Waals surface area contributed by atoms with Crippen molar-refractivity contribution in [3.05, 3.63) is 47.1 Å². The molecule has 0 unspecified atom stereocenters. The number of nitrogens with zero attached hydrogens (tertiary/aromatic N) is 6. The zero-order valence-electron chi connectivity index (χ0n) is 19.6. The van der Waals surface area contributed by atoms with Crippen LogP contribution in [-0.2, 0) is 0 Å². The maximum absolute atomic E-state index is 13.3. The quantitative estimate of drug-likeness (QED) is 0.374. The number of thiazole rings is 1. The number of anilines is 2. The predicted molar refractivity (Wildman–Crippen MR) is 138 cm³/mol. The lowest BCUT2D eigenvalue weighted by Gasteiger charge is -2.30. The van der Waals surface area contributed by atoms with Crippen LogP contribution in [0.1, 0.15) is 35.8 Å². The second-order valence-corrected chi connectivity index (χ2v) is 9.94. The average Bonchev–Trinajstić information content (AvgIpc) is 3.25. The monoisotopic (exact) mass is 509 g/mol. The first kappa shape index (κ1) is 23.4. The molecule has 0 aliphatic carbocycles. The number of fused-ring (bicyclic) bond motifs is 1. The lowest BCUT2D eigenvalue weighted by molar-refractivity contribution is 0.102. The minimum Gasteiger partial charge on any atom is -0.494 e. The predicted octanol–water partition coefficient (Wildman–Crippen LogP) is 5.00. The van der Waals surface area contributed by atoms with Crippen LogP contribution in [0.15, 0.2) is 30.7 Å². The van der Waals surface area contributed by atoms with Crippen LogP contribution in [0, 0.1) is 12.8 Å². The van der Waals surface area contributed by atoms with Crippen molar-refractivity contribution in [2.45, 2.75) is 26.7 Å². The highest BCUT2D eigenvalue weighted by Gasteiger charge is 2.21. The molecule has 35 heavy (non-hydrogen) atoms. The van der Waals surface area contributed by atoms with Gasteiger partial charge in [0.05, 0.1) is 25.1 Å². The number of methoxy groups -OCH3 is 1. The summed E-state index contributed by atoms with van der Waals surface area (Å²) in [7, 11) is 1.54. The molecule has 5 heterocycles. The van der Waals surface area contributed by atoms with Crippen LogP contribution in [-0.4, -0.2) is 51.0 Å². The van der Waals surface area contributed by atoms with Crippen LogP contribution in [0.2, 0.25) is 5.15 Å². The van der Waals surface area contributed by atoms with Gasteiger partial charge in [0.25, 0.3) is 5.91 Å². The number of hydrogen-bond acceptors (Lipinski definition) is 9. The van der Waals surface area contributed by atoms with Crippen LogP contribution < -0.4 is 15.0 Å². The van der Waals surface area contributed by atoms with Gasteiger partial charge >= 0.3 is 0 Å². The smallest absolute Gasteiger partial charge is 0.259 e. The molecule has 4 aromatic heterocycles. The van der Waals surface area contributed by atoms with Crippen LogP contribution in [0.5, 0.6) is 5.75 Å². The molecular weight excluding hydrogens is 486 g/mol. The Labute approximate surface area is 211 Å². The van der Waals surface area contributed by atoms with E-state index in [1.54, 1.807) is 19.4 Å². The van der Waals surface area contributed by atoms with Gasteiger partial charge in [-0.25, -0.2) is 15.0 Å². The van der Waals surface area contributed by atoms with E-state index in [2.05, 4.69) is 37.1 Å². The van der Waals surface area contributed by atoms with Crippen LogP contribution in [0.3, 0.4) is 0 Å². The summed E-state index contributed by atoms with van der Waals surface area (Å²) in [4.78, 5) is 38.3. The molecule has 180 valence electrons. The van der Waals surface area contributed by atoms with E-state index in [0.717, 1.165) is 43.4 Å². The maximum atomic E-state index is 13.3. The van der Waals surface area contributed by atoms with E-state index in [9.17, 15) is 4.79 Å². The summed E-state index contributed by atoms with van der Waals surface area (Å²) in [6.45, 7) is 6.06. The normalized spacial score (nSPS) is 14.3. The highest BCUT2D eigenvalue weighted by molar-refractivity contribution is 7.21. The molecule has 11 heteroatoms. The van der Waals surface area contributed by atoms with Crippen molar-refractivity contribution in [3.63, 3.8) is 0 Å². The molecule has 4 aromatic rings. The van der Waals surface area contributed by atoms with Gasteiger partial charge in [-0.1, -0.05) is 29.9 Å². The average molecular weight is 510 g/mol. The van der Waals surface area contributed by atoms with E-state index >= 15 is 0 Å². The molecular formula is C24H24ClN7O2S. The topological polar surface area (TPSA) is 106 Å². The number of hydrogen-bond donors (Lipinski definition) is 1. The molecule has 0 spiro atoms. The molecule has 0 atom stereocenters. The van der Waals surface area contributed by atoms with Crippen molar-refractivity contribution >= 4 is 50.3 Å². The molecule has 0 saturated carbocycles. The number of carbonyl (C=O) groups is 1. The number of aryl methyl sites for hydroxylation is 1. The van der Waals surface area contributed by atoms with E-state index in [1.807, 2.05) is 13.0 Å². The summed E-state index contributed by atoms with van der Waals surface area (Å²) >= 11 is 7.43. The standard InChI is InChI=1S/C24H24ClN7O2S/c1-13-4-6-32(7-5-13)20-12-28-21-23(29-20)35-24(30-21)31-22(33)17-10-26-14(2)8-15(17)16-9-19(25)27-11-18(16)34-3/h8-13H,4-7H2,1-3H3,(H,28,30,31,33). The second kappa shape index (κ2) is 9.71. The Morgan fingerprint density at radius 2 is 1.91 bits per heavy atom. The molecule has 1 amide bonds. The van der Waals surface area contributed by atoms with Crippen LogP contribution in [0.4, 0.5) is 10.9 Å². The number of amides is 1. The van der Waals surface area contributed by atoms with E-state index in [-0.39, 0.29) is 5.91 Å². The fraction of sp³-hybridized carbons (Fsp3) is 0.333. The highest BCUT2D eigenvalue weighted by Crippen LogP contribution is 2.34. The third-order valence-electron chi connectivity index (χ3n) is 6.07. The number of carbonyl (C=O) groups excluding carboxylic acids is 1. The second-order valence-electron chi connectivity index (χ2n) is 8.58. The van der Waals surface area contributed by atoms with Crippen LogP contribution in [0.25, 0.3) is 21.6 Å². The van der Waals surface area contributed by atoms with Crippen molar-refractivity contribution in [1.29, 1.82) is 0 Å². The Morgan fingerprint density at radius 1 is 1.11 bits per heavy atom. The molecule has 1 N–H and O–H groups in total. The lowest BCUT2D eigenvalue weighted by Crippen LogP contribution is -2.33. The summed E-state index contributed by atoms with van der Waals surface area (Å²) in [6.07, 6.45) is 7.10. The Kier molecular flexibility index (Phi) is 6.48. The minimum absolute atomic E-state index is 0.295. The van der Waals surface area contributed by atoms with Crippen molar-refractivity contribution in [2.75, 3.05) is 30.4 Å². The van der Waals surface area contributed by atoms with E-state index in [0.29, 0.717) is 43.2 Å². The summed E-state index contributed by atoms with van der Waals surface area (Å²) in [6, 6.07) is 3.48. The number of pyridine rings is 2. The third kappa shape index (κ3) is 4.89. The largest absolute Gasteiger partial charge is 0.494 e. The first-order valence-electron chi connectivity index (χ1n) is 11.3. The molecule has 1 fully saturated rings. The summed E-state index contributed by atoms with van der Waals surface area (Å²) in [5, 5.41) is 3.59. The molecule has 0 radical (unpaired) electrons. The maximum Gasteiger partial charge on any atom is 0.259 e. The van der Waals surface area contributed by atoms with Gasteiger partial charge in [-0.15, -0.1) is 0 Å². The molecule has 0 bridgehead atoms. The first-order valence-corrected chi connectivity index (χ1v) is 12.5. The Bertz CT molecular complexity index is 1400. The number of rotatable bonds is 5. The van der Waals surface area contributed by atoms with E-state index in [1.165, 1.54) is 23.7 Å². The fourth-order valence-corrected chi connectivity index (χ4v) is 5.02. The van der Waals surface area contributed by atoms with Gasteiger partial charge in [-0.2, -0.15) is 4.98 Å². The van der Waals surface area contributed by atoms with Crippen LogP contribution >= 0.6 is 22.9 Å². The van der Waals surface area contributed by atoms with E-state index < -0.39 is 0 Å². The summed E-state index contributed by atoms with van der Waals surface area (Å²) in [5.41, 5.74) is 2.90. The zero-order chi connectivity index (χ0) is 24.5. The fourth-order valence-electron chi connectivity index (χ4n) is 4.07. The highest BCUT2D eigenvalue weighted by atomic mass is 35.5. The molecule has 5 rings (SSSR count). The number of halogens is 1. The zero-order valence-corrected chi connectivity index (χ0v) is 21.2. The Balaban J connectivity index is 1.43. The van der Waals surface area contributed by atoms with Gasteiger partial charge in [-0.05, 0) is 37.8 Å². The van der Waals surface area contributed by atoms with Gasteiger partial charge in [-0.3, -0.25) is 15.1 Å².